The third-order valence-corrected chi connectivity index (χ3v) is 2.51. The molecule has 0 aliphatic heterocycles. The van der Waals surface area contributed by atoms with Crippen molar-refractivity contribution >= 4 is 0 Å². The van der Waals surface area contributed by atoms with Gasteiger partial charge in [-0.25, -0.2) is 4.68 Å². The van der Waals surface area contributed by atoms with Gasteiger partial charge in [0.2, 0.25) is 0 Å². The highest BCUT2D eigenvalue weighted by molar-refractivity contribution is 5.48. The fourth-order valence-corrected chi connectivity index (χ4v) is 1.74. The van der Waals surface area contributed by atoms with Crippen LogP contribution in [0.4, 0.5) is 0 Å². The predicted octanol–water partition coefficient (Wildman–Crippen LogP) is 1.65. The number of nitrogens with two attached hydrogens (primary N) is 1. The minimum absolute atomic E-state index is 0.211. The van der Waals surface area contributed by atoms with Crippen LogP contribution < -0.4 is 5.73 Å². The fraction of sp³-hybridized carbons (Fsp3) is 0.250. The number of hydrogen-bond donors (Lipinski definition) is 2. The number of phenols is 1. The van der Waals surface area contributed by atoms with Crippen LogP contribution >= 0.6 is 0 Å². The largest absolute Gasteiger partial charge is 0.506 e. The molecule has 0 unspecified atom stereocenters. The molecule has 0 saturated heterocycles. The Kier molecular flexibility index (Phi) is 2.66. The van der Waals surface area contributed by atoms with Crippen molar-refractivity contribution in [2.45, 2.75) is 20.4 Å². The summed E-state index contributed by atoms with van der Waals surface area (Å²) < 4.78 is 1.73. The molecule has 4 heteroatoms. The van der Waals surface area contributed by atoms with Crippen molar-refractivity contribution < 1.29 is 5.11 Å². The van der Waals surface area contributed by atoms with Crippen LogP contribution in [0, 0.1) is 13.8 Å². The van der Waals surface area contributed by atoms with Crippen LogP contribution in [-0.4, -0.2) is 14.9 Å². The minimum atomic E-state index is 0.211. The highest BCUT2D eigenvalue weighted by atomic mass is 16.3. The Hall–Kier alpha value is -1.81. The third-order valence-electron chi connectivity index (χ3n) is 2.51. The smallest absolute Gasteiger partial charge is 0.141 e. The van der Waals surface area contributed by atoms with E-state index >= 15 is 0 Å². The Labute approximate surface area is 94.3 Å². The van der Waals surface area contributed by atoms with Gasteiger partial charge in [0, 0.05) is 12.2 Å². The lowest BCUT2D eigenvalue weighted by Gasteiger charge is -2.08. The maximum Gasteiger partial charge on any atom is 0.141 e. The second-order valence-corrected chi connectivity index (χ2v) is 3.87. The molecular weight excluding hydrogens is 202 g/mol. The van der Waals surface area contributed by atoms with Crippen LogP contribution in [0.25, 0.3) is 5.69 Å². The Bertz CT molecular complexity index is 517. The predicted molar refractivity (Wildman–Crippen MR) is 62.6 cm³/mol. The first-order chi connectivity index (χ1) is 7.61. The molecule has 0 spiro atoms. The Balaban J connectivity index is 2.58. The van der Waals surface area contributed by atoms with E-state index in [4.69, 9.17) is 5.73 Å². The molecule has 0 aliphatic rings. The van der Waals surface area contributed by atoms with Gasteiger partial charge in [-0.1, -0.05) is 6.07 Å². The molecule has 0 fully saturated rings. The average molecular weight is 217 g/mol. The van der Waals surface area contributed by atoms with E-state index in [9.17, 15) is 5.11 Å². The van der Waals surface area contributed by atoms with Gasteiger partial charge in [-0.05, 0) is 37.6 Å². The van der Waals surface area contributed by atoms with Crippen molar-refractivity contribution in [2.75, 3.05) is 0 Å². The van der Waals surface area contributed by atoms with Crippen molar-refractivity contribution in [3.05, 3.63) is 41.2 Å². The molecule has 0 bridgehead atoms. The van der Waals surface area contributed by atoms with Crippen LogP contribution in [0.15, 0.2) is 24.3 Å². The van der Waals surface area contributed by atoms with E-state index in [1.807, 2.05) is 32.0 Å². The number of rotatable bonds is 2. The second kappa shape index (κ2) is 3.98. The Morgan fingerprint density at radius 1 is 1.31 bits per heavy atom. The Morgan fingerprint density at radius 2 is 2.06 bits per heavy atom. The topological polar surface area (TPSA) is 64.1 Å². The number of aromatic hydroxyl groups is 1. The summed E-state index contributed by atoms with van der Waals surface area (Å²) in [5.74, 6) is 0.211. The maximum atomic E-state index is 9.82. The summed E-state index contributed by atoms with van der Waals surface area (Å²) in [6.45, 7) is 4.33. The number of phenolic OH excluding ortho intramolecular Hbond substituents is 1. The average Bonchev–Trinajstić information content (AvgIpc) is 2.58. The summed E-state index contributed by atoms with van der Waals surface area (Å²) in [6, 6.07) is 7.28. The van der Waals surface area contributed by atoms with Crippen LogP contribution in [0.5, 0.6) is 5.75 Å². The monoisotopic (exact) mass is 217 g/mol. The first-order valence-corrected chi connectivity index (χ1v) is 5.17. The molecule has 2 aromatic rings. The van der Waals surface area contributed by atoms with Gasteiger partial charge in [-0.2, -0.15) is 5.10 Å². The van der Waals surface area contributed by atoms with Gasteiger partial charge in [-0.15, -0.1) is 0 Å². The van der Waals surface area contributed by atoms with Crippen molar-refractivity contribution in [2.24, 2.45) is 5.73 Å². The highest BCUT2D eigenvalue weighted by Crippen LogP contribution is 2.23. The standard InChI is InChI=1S/C12H15N3O/c1-8-5-9(2)15(14-8)11-6-10(7-13)3-4-12(11)16/h3-6,16H,7,13H2,1-2H3. The molecule has 1 aromatic heterocycles. The number of nitrogens with zero attached hydrogens (tertiary/aromatic N) is 2. The lowest BCUT2D eigenvalue weighted by molar-refractivity contribution is 0.469. The number of hydrogen-bond acceptors (Lipinski definition) is 3. The fourth-order valence-electron chi connectivity index (χ4n) is 1.74. The quantitative estimate of drug-likeness (QED) is 0.804. The van der Waals surface area contributed by atoms with E-state index < -0.39 is 0 Å². The molecule has 0 amide bonds. The minimum Gasteiger partial charge on any atom is -0.506 e. The van der Waals surface area contributed by atoms with Gasteiger partial charge in [0.05, 0.1) is 5.69 Å². The molecule has 2 rings (SSSR count). The summed E-state index contributed by atoms with van der Waals surface area (Å²) >= 11 is 0. The summed E-state index contributed by atoms with van der Waals surface area (Å²) in [6.07, 6.45) is 0. The van der Waals surface area contributed by atoms with Gasteiger partial charge >= 0.3 is 0 Å². The number of aromatic nitrogens is 2. The second-order valence-electron chi connectivity index (χ2n) is 3.87. The normalized spacial score (nSPS) is 10.7. The van der Waals surface area contributed by atoms with E-state index in [1.54, 1.807) is 10.7 Å². The van der Waals surface area contributed by atoms with Gasteiger partial charge in [0.1, 0.15) is 11.4 Å². The van der Waals surface area contributed by atoms with Crippen molar-refractivity contribution in [3.63, 3.8) is 0 Å². The molecule has 4 nitrogen and oxygen atoms in total. The lowest BCUT2D eigenvalue weighted by Crippen LogP contribution is -2.02. The SMILES string of the molecule is Cc1cc(C)n(-c2cc(CN)ccc2O)n1. The summed E-state index contributed by atoms with van der Waals surface area (Å²) in [7, 11) is 0. The highest BCUT2D eigenvalue weighted by Gasteiger charge is 2.08. The maximum absolute atomic E-state index is 9.82. The first kappa shape index (κ1) is 10.7. The van der Waals surface area contributed by atoms with E-state index in [0.717, 1.165) is 17.0 Å². The molecular formula is C12H15N3O. The first-order valence-electron chi connectivity index (χ1n) is 5.17. The van der Waals surface area contributed by atoms with Gasteiger partial charge in [0.15, 0.2) is 0 Å². The van der Waals surface area contributed by atoms with Crippen molar-refractivity contribution in [1.29, 1.82) is 0 Å². The molecule has 16 heavy (non-hydrogen) atoms. The van der Waals surface area contributed by atoms with Crippen LogP contribution in [0.1, 0.15) is 17.0 Å². The number of aryl methyl sites for hydroxylation is 2. The Morgan fingerprint density at radius 3 is 2.62 bits per heavy atom. The zero-order valence-electron chi connectivity index (χ0n) is 9.44. The molecule has 84 valence electrons. The summed E-state index contributed by atoms with van der Waals surface area (Å²) in [5.41, 5.74) is 9.14. The van der Waals surface area contributed by atoms with E-state index in [0.29, 0.717) is 12.2 Å². The zero-order chi connectivity index (χ0) is 11.7. The van der Waals surface area contributed by atoms with Gasteiger partial charge in [0.25, 0.3) is 0 Å². The van der Waals surface area contributed by atoms with Gasteiger partial charge < -0.3 is 10.8 Å². The van der Waals surface area contributed by atoms with Crippen LogP contribution in [0.3, 0.4) is 0 Å². The van der Waals surface area contributed by atoms with Crippen molar-refractivity contribution in [1.82, 2.24) is 9.78 Å². The van der Waals surface area contributed by atoms with Crippen LogP contribution in [0.2, 0.25) is 0 Å². The summed E-state index contributed by atoms with van der Waals surface area (Å²) in [5, 5.41) is 14.1. The summed E-state index contributed by atoms with van der Waals surface area (Å²) in [4.78, 5) is 0. The lowest BCUT2D eigenvalue weighted by atomic mass is 10.2. The third kappa shape index (κ3) is 1.79. The molecule has 0 saturated carbocycles. The van der Waals surface area contributed by atoms with Crippen LogP contribution in [-0.2, 0) is 6.54 Å². The van der Waals surface area contributed by atoms with E-state index in [2.05, 4.69) is 5.10 Å². The van der Waals surface area contributed by atoms with E-state index in [1.165, 1.54) is 0 Å². The van der Waals surface area contributed by atoms with Crippen molar-refractivity contribution in [3.8, 4) is 11.4 Å². The van der Waals surface area contributed by atoms with Gasteiger partial charge in [-0.3, -0.25) is 0 Å². The molecule has 1 aromatic carbocycles. The molecule has 0 atom stereocenters. The molecule has 0 aliphatic carbocycles. The molecule has 1 heterocycles. The number of benzene rings is 1. The molecule has 0 radical (unpaired) electrons. The zero-order valence-corrected chi connectivity index (χ0v) is 9.44. The van der Waals surface area contributed by atoms with E-state index in [-0.39, 0.29) is 5.75 Å². The molecule has 3 N–H and O–H groups in total.